The van der Waals surface area contributed by atoms with Crippen LogP contribution in [0.4, 0.5) is 0 Å². The molecule has 0 aliphatic carbocycles. The summed E-state index contributed by atoms with van der Waals surface area (Å²) < 4.78 is 0. The van der Waals surface area contributed by atoms with Crippen LogP contribution in [-0.4, -0.2) is 33.2 Å². The number of hydrogen-bond donors (Lipinski definition) is 4. The molecule has 0 saturated carbocycles. The van der Waals surface area contributed by atoms with E-state index in [1.165, 1.54) is 0 Å². The van der Waals surface area contributed by atoms with Gasteiger partial charge in [-0.15, -0.1) is 0 Å². The normalized spacial score (nSPS) is 8.73. The Bertz CT molecular complexity index is 43.7. The molecule has 0 atom stereocenters. The zero-order chi connectivity index (χ0) is 8.95. The van der Waals surface area contributed by atoms with Crippen molar-refractivity contribution >= 4 is 0 Å². The fraction of sp³-hybridized carbons (Fsp3) is 1.00. The van der Waals surface area contributed by atoms with Gasteiger partial charge in [-0.2, -0.15) is 0 Å². The molecule has 0 unspecified atom stereocenters. The zero-order valence-electron chi connectivity index (χ0n) is 7.47. The van der Waals surface area contributed by atoms with Gasteiger partial charge in [0.2, 0.25) is 0 Å². The van der Waals surface area contributed by atoms with Gasteiger partial charge in [0, 0.05) is 0 Å². The van der Waals surface area contributed by atoms with Crippen LogP contribution in [0.3, 0.4) is 0 Å². The molecule has 70 valence electrons. The maximum Gasteiger partial charge on any atom is -0.00399 e. The Hall–Kier alpha value is -0.160. The van der Waals surface area contributed by atoms with Crippen LogP contribution in [0.15, 0.2) is 0 Å². The molecule has 0 radical (unpaired) electrons. The minimum absolute atomic E-state index is 0.719. The molecule has 0 aromatic heterocycles. The molecule has 0 aliphatic heterocycles. The van der Waals surface area contributed by atoms with Gasteiger partial charge in [-0.3, -0.25) is 0 Å². The second-order valence-corrected chi connectivity index (χ2v) is 2.18. The van der Waals surface area contributed by atoms with Crippen molar-refractivity contribution in [3.05, 3.63) is 0 Å². The van der Waals surface area contributed by atoms with E-state index in [0.717, 1.165) is 39.0 Å². The first kappa shape index (κ1) is 13.4. The van der Waals surface area contributed by atoms with Crippen molar-refractivity contribution in [2.45, 2.75) is 12.8 Å². The van der Waals surface area contributed by atoms with E-state index in [1.807, 2.05) is 7.05 Å². The molecule has 4 nitrogen and oxygen atoms in total. The summed E-state index contributed by atoms with van der Waals surface area (Å²) in [7, 11) is 1.93. The summed E-state index contributed by atoms with van der Waals surface area (Å²) >= 11 is 0. The third-order valence-electron chi connectivity index (χ3n) is 1.04. The van der Waals surface area contributed by atoms with Crippen molar-refractivity contribution in [2.75, 3.05) is 33.2 Å². The molecule has 0 aromatic carbocycles. The number of rotatable bonds is 5. The highest BCUT2D eigenvalue weighted by atomic mass is 14.8. The Balaban J connectivity index is 0. The van der Waals surface area contributed by atoms with Crippen molar-refractivity contribution < 1.29 is 0 Å². The van der Waals surface area contributed by atoms with Crippen LogP contribution < -0.4 is 22.5 Å². The maximum absolute atomic E-state index is 5.17. The highest BCUT2D eigenvalue weighted by molar-refractivity contribution is 4.38. The Morgan fingerprint density at radius 3 is 1.45 bits per heavy atom. The van der Waals surface area contributed by atoms with Gasteiger partial charge in [0.25, 0.3) is 0 Å². The van der Waals surface area contributed by atoms with E-state index in [0.29, 0.717) is 0 Å². The Morgan fingerprint density at radius 1 is 0.909 bits per heavy atom. The van der Waals surface area contributed by atoms with Crippen LogP contribution in [-0.2, 0) is 0 Å². The van der Waals surface area contributed by atoms with Crippen LogP contribution in [0.5, 0.6) is 0 Å². The summed E-state index contributed by atoms with van der Waals surface area (Å²) in [5, 5.41) is 2.99. The first-order chi connectivity index (χ1) is 5.33. The minimum Gasteiger partial charge on any atom is -0.330 e. The Morgan fingerprint density at radius 2 is 1.36 bits per heavy atom. The molecule has 0 saturated heterocycles. The van der Waals surface area contributed by atoms with Gasteiger partial charge >= 0.3 is 0 Å². The molecular formula is C7H22N4. The molecule has 7 N–H and O–H groups in total. The lowest BCUT2D eigenvalue weighted by atomic mass is 10.4. The molecule has 11 heavy (non-hydrogen) atoms. The van der Waals surface area contributed by atoms with Gasteiger partial charge in [-0.05, 0) is 46.1 Å². The lowest BCUT2D eigenvalue weighted by molar-refractivity contribution is 0.733. The van der Waals surface area contributed by atoms with Crippen LogP contribution in [0.1, 0.15) is 12.8 Å². The number of nitrogens with one attached hydrogen (secondary N) is 1. The minimum atomic E-state index is 0.719. The summed E-state index contributed by atoms with van der Waals surface area (Å²) in [6, 6.07) is 0. The van der Waals surface area contributed by atoms with E-state index >= 15 is 0 Å². The summed E-state index contributed by atoms with van der Waals surface area (Å²) in [5.74, 6) is 0. The van der Waals surface area contributed by atoms with Gasteiger partial charge in [0.15, 0.2) is 0 Å². The first-order valence-electron chi connectivity index (χ1n) is 4.08. The summed E-state index contributed by atoms with van der Waals surface area (Å²) in [5.41, 5.74) is 15.3. The van der Waals surface area contributed by atoms with Crippen molar-refractivity contribution in [1.82, 2.24) is 5.32 Å². The summed E-state index contributed by atoms with van der Waals surface area (Å²) in [6.45, 7) is 3.27. The van der Waals surface area contributed by atoms with E-state index in [4.69, 9.17) is 17.2 Å². The number of nitrogens with two attached hydrogens (primary N) is 3. The van der Waals surface area contributed by atoms with Gasteiger partial charge in [-0.1, -0.05) is 0 Å². The van der Waals surface area contributed by atoms with Gasteiger partial charge in [0.05, 0.1) is 0 Å². The monoisotopic (exact) mass is 162 g/mol. The Labute approximate surface area is 69.5 Å². The van der Waals surface area contributed by atoms with Gasteiger partial charge < -0.3 is 22.5 Å². The fourth-order valence-electron chi connectivity index (χ4n) is 0.397. The topological polar surface area (TPSA) is 90.1 Å². The van der Waals surface area contributed by atoms with Crippen LogP contribution in [0, 0.1) is 0 Å². The average Bonchev–Trinajstić information content (AvgIpc) is 2.04. The van der Waals surface area contributed by atoms with Crippen LogP contribution in [0.2, 0.25) is 0 Å². The molecule has 0 amide bonds. The molecular weight excluding hydrogens is 140 g/mol. The molecule has 0 spiro atoms. The van der Waals surface area contributed by atoms with Gasteiger partial charge in [0.1, 0.15) is 0 Å². The van der Waals surface area contributed by atoms with E-state index in [-0.39, 0.29) is 0 Å². The molecule has 0 rings (SSSR count). The first-order valence-corrected chi connectivity index (χ1v) is 4.08. The quantitative estimate of drug-likeness (QED) is 0.384. The van der Waals surface area contributed by atoms with E-state index < -0.39 is 0 Å². The molecule has 0 aromatic rings. The second kappa shape index (κ2) is 16.4. The predicted molar refractivity (Wildman–Crippen MR) is 50.3 cm³/mol. The van der Waals surface area contributed by atoms with E-state index in [1.54, 1.807) is 0 Å². The molecule has 4 heteroatoms. The molecule has 0 fully saturated rings. The molecule has 0 heterocycles. The van der Waals surface area contributed by atoms with Gasteiger partial charge in [-0.25, -0.2) is 0 Å². The zero-order valence-corrected chi connectivity index (χ0v) is 7.47. The maximum atomic E-state index is 5.17. The second-order valence-electron chi connectivity index (χ2n) is 2.18. The highest BCUT2D eigenvalue weighted by Crippen LogP contribution is 1.63. The van der Waals surface area contributed by atoms with Crippen molar-refractivity contribution in [3.63, 3.8) is 0 Å². The summed E-state index contributed by atoms with van der Waals surface area (Å²) in [4.78, 5) is 0. The Kier molecular flexibility index (Phi) is 20.1. The SMILES string of the molecule is CNCCCN.NCCCN. The average molecular weight is 162 g/mol. The van der Waals surface area contributed by atoms with Crippen molar-refractivity contribution in [2.24, 2.45) is 17.2 Å². The van der Waals surface area contributed by atoms with Crippen molar-refractivity contribution in [1.29, 1.82) is 0 Å². The lowest BCUT2D eigenvalue weighted by Crippen LogP contribution is -2.12. The van der Waals surface area contributed by atoms with Crippen LogP contribution >= 0.6 is 0 Å². The standard InChI is InChI=1S/C4H12N2.C3H10N2/c1-6-4-2-3-5;4-2-1-3-5/h6H,2-5H2,1H3;1-5H2. The third kappa shape index (κ3) is 25.8. The highest BCUT2D eigenvalue weighted by Gasteiger charge is 1.73. The van der Waals surface area contributed by atoms with E-state index in [9.17, 15) is 0 Å². The smallest absolute Gasteiger partial charge is 0.00399 e. The van der Waals surface area contributed by atoms with Crippen LogP contribution in [0.25, 0.3) is 0 Å². The largest absolute Gasteiger partial charge is 0.330 e. The third-order valence-corrected chi connectivity index (χ3v) is 1.04. The summed E-state index contributed by atoms with van der Waals surface area (Å²) in [6.07, 6.45) is 2.02. The molecule has 0 bridgehead atoms. The fourth-order valence-corrected chi connectivity index (χ4v) is 0.397. The predicted octanol–water partition coefficient (Wildman–Crippen LogP) is -1.15. The van der Waals surface area contributed by atoms with E-state index in [2.05, 4.69) is 5.32 Å². The number of hydrogen-bond acceptors (Lipinski definition) is 4. The van der Waals surface area contributed by atoms with Crippen molar-refractivity contribution in [3.8, 4) is 0 Å². The lowest BCUT2D eigenvalue weighted by Gasteiger charge is -1.90. The molecule has 0 aliphatic rings.